The molecular formula is C12H13BrO2. The molecule has 0 spiro atoms. The monoisotopic (exact) mass is 268 g/mol. The van der Waals surface area contributed by atoms with Crippen molar-refractivity contribution >= 4 is 15.9 Å². The van der Waals surface area contributed by atoms with E-state index in [0.29, 0.717) is 6.61 Å². The molecule has 2 nitrogen and oxygen atoms in total. The molecule has 1 atom stereocenters. The lowest BCUT2D eigenvalue weighted by Crippen LogP contribution is -2.20. The minimum atomic E-state index is -0.107. The van der Waals surface area contributed by atoms with Gasteiger partial charge in [-0.25, -0.2) is 0 Å². The summed E-state index contributed by atoms with van der Waals surface area (Å²) in [6.07, 6.45) is 2.72. The summed E-state index contributed by atoms with van der Waals surface area (Å²) in [5, 5.41) is 0. The quantitative estimate of drug-likeness (QED) is 0.605. The lowest BCUT2D eigenvalue weighted by molar-refractivity contribution is 0.190. The zero-order valence-electron chi connectivity index (χ0n) is 8.41. The van der Waals surface area contributed by atoms with Crippen LogP contribution in [0.15, 0.2) is 41.4 Å². The Morgan fingerprint density at radius 3 is 3.00 bits per heavy atom. The van der Waals surface area contributed by atoms with E-state index in [4.69, 9.17) is 9.47 Å². The molecule has 1 aromatic rings. The molecule has 15 heavy (non-hydrogen) atoms. The van der Waals surface area contributed by atoms with Crippen molar-refractivity contribution in [2.45, 2.75) is 12.0 Å². The van der Waals surface area contributed by atoms with Gasteiger partial charge < -0.3 is 9.47 Å². The largest absolute Gasteiger partial charge is 0.490 e. The van der Waals surface area contributed by atoms with E-state index in [1.165, 1.54) is 0 Å². The molecule has 1 saturated heterocycles. The zero-order chi connectivity index (χ0) is 10.7. The number of halogens is 1. The molecule has 0 aliphatic carbocycles. The Labute approximate surface area is 98.0 Å². The Balaban J connectivity index is 1.90. The van der Waals surface area contributed by atoms with Crippen molar-refractivity contribution in [3.05, 3.63) is 41.4 Å². The van der Waals surface area contributed by atoms with E-state index in [1.54, 1.807) is 0 Å². The van der Waals surface area contributed by atoms with E-state index in [2.05, 4.69) is 22.5 Å². The fourth-order valence-electron chi connectivity index (χ4n) is 1.40. The SMILES string of the molecule is C=CCC1(COc2cccc(Br)c2)CO1. The predicted octanol–water partition coefficient (Wildman–Crippen LogP) is 3.17. The van der Waals surface area contributed by atoms with Gasteiger partial charge in [0.1, 0.15) is 18.0 Å². The lowest BCUT2D eigenvalue weighted by Gasteiger charge is -2.11. The molecule has 0 aromatic heterocycles. The number of epoxide rings is 1. The van der Waals surface area contributed by atoms with Crippen LogP contribution >= 0.6 is 15.9 Å². The van der Waals surface area contributed by atoms with Crippen molar-refractivity contribution in [3.8, 4) is 5.75 Å². The van der Waals surface area contributed by atoms with E-state index in [0.717, 1.165) is 23.2 Å². The second-order valence-corrected chi connectivity index (χ2v) is 4.63. The highest BCUT2D eigenvalue weighted by Gasteiger charge is 2.44. The topological polar surface area (TPSA) is 21.8 Å². The highest BCUT2D eigenvalue weighted by atomic mass is 79.9. The summed E-state index contributed by atoms with van der Waals surface area (Å²) in [5.41, 5.74) is -0.107. The van der Waals surface area contributed by atoms with E-state index >= 15 is 0 Å². The molecule has 1 aliphatic heterocycles. The van der Waals surface area contributed by atoms with Crippen molar-refractivity contribution in [1.82, 2.24) is 0 Å². The minimum Gasteiger partial charge on any atom is -0.490 e. The molecule has 0 radical (unpaired) electrons. The number of ether oxygens (including phenoxy) is 2. The maximum absolute atomic E-state index is 5.66. The van der Waals surface area contributed by atoms with Crippen LogP contribution in [0.3, 0.4) is 0 Å². The third-order valence-corrected chi connectivity index (χ3v) is 2.86. The number of hydrogen-bond acceptors (Lipinski definition) is 2. The van der Waals surface area contributed by atoms with Crippen LogP contribution in [0.25, 0.3) is 0 Å². The molecule has 1 aliphatic rings. The van der Waals surface area contributed by atoms with Crippen LogP contribution in [0.4, 0.5) is 0 Å². The molecule has 0 bridgehead atoms. The second kappa shape index (κ2) is 4.37. The van der Waals surface area contributed by atoms with Gasteiger partial charge in [0, 0.05) is 4.47 Å². The normalized spacial score (nSPS) is 23.5. The van der Waals surface area contributed by atoms with E-state index in [1.807, 2.05) is 30.3 Å². The first-order chi connectivity index (χ1) is 7.24. The molecule has 80 valence electrons. The first-order valence-electron chi connectivity index (χ1n) is 4.87. The van der Waals surface area contributed by atoms with Crippen molar-refractivity contribution < 1.29 is 9.47 Å². The smallest absolute Gasteiger partial charge is 0.129 e. The molecule has 1 aromatic carbocycles. The average molecular weight is 269 g/mol. The summed E-state index contributed by atoms with van der Waals surface area (Å²) in [6.45, 7) is 5.08. The summed E-state index contributed by atoms with van der Waals surface area (Å²) in [6, 6.07) is 7.81. The van der Waals surface area contributed by atoms with Crippen LogP contribution < -0.4 is 4.74 Å². The van der Waals surface area contributed by atoms with Gasteiger partial charge in [0.05, 0.1) is 6.61 Å². The number of benzene rings is 1. The standard InChI is InChI=1S/C12H13BrO2/c1-2-6-12(9-15-12)8-14-11-5-3-4-10(13)7-11/h2-5,7H,1,6,8-9H2. The van der Waals surface area contributed by atoms with Crippen LogP contribution in [0, 0.1) is 0 Å². The molecule has 0 amide bonds. The van der Waals surface area contributed by atoms with Gasteiger partial charge in [0.15, 0.2) is 0 Å². The third-order valence-electron chi connectivity index (χ3n) is 2.37. The first kappa shape index (κ1) is 10.7. The second-order valence-electron chi connectivity index (χ2n) is 3.71. The fourth-order valence-corrected chi connectivity index (χ4v) is 1.78. The Hall–Kier alpha value is -0.800. The summed E-state index contributed by atoms with van der Waals surface area (Å²) in [5.74, 6) is 0.864. The fraction of sp³-hybridized carbons (Fsp3) is 0.333. The van der Waals surface area contributed by atoms with Gasteiger partial charge in [0.25, 0.3) is 0 Å². The van der Waals surface area contributed by atoms with Gasteiger partial charge in [-0.15, -0.1) is 6.58 Å². The Morgan fingerprint density at radius 2 is 2.40 bits per heavy atom. The third kappa shape index (κ3) is 2.83. The van der Waals surface area contributed by atoms with Crippen LogP contribution in [-0.4, -0.2) is 18.8 Å². The van der Waals surface area contributed by atoms with Gasteiger partial charge in [-0.2, -0.15) is 0 Å². The van der Waals surface area contributed by atoms with Crippen molar-refractivity contribution in [3.63, 3.8) is 0 Å². The highest BCUT2D eigenvalue weighted by molar-refractivity contribution is 9.10. The van der Waals surface area contributed by atoms with Crippen molar-refractivity contribution in [2.75, 3.05) is 13.2 Å². The number of hydrogen-bond donors (Lipinski definition) is 0. The first-order valence-corrected chi connectivity index (χ1v) is 5.67. The average Bonchev–Trinajstić information content (AvgIpc) is 2.97. The molecule has 0 N–H and O–H groups in total. The molecule has 3 heteroatoms. The van der Waals surface area contributed by atoms with Gasteiger partial charge in [-0.3, -0.25) is 0 Å². The summed E-state index contributed by atoms with van der Waals surface area (Å²) < 4.78 is 12.1. The Morgan fingerprint density at radius 1 is 1.60 bits per heavy atom. The van der Waals surface area contributed by atoms with E-state index in [-0.39, 0.29) is 5.60 Å². The summed E-state index contributed by atoms with van der Waals surface area (Å²) in [7, 11) is 0. The summed E-state index contributed by atoms with van der Waals surface area (Å²) in [4.78, 5) is 0. The maximum atomic E-state index is 5.66. The van der Waals surface area contributed by atoms with Crippen LogP contribution in [0.2, 0.25) is 0 Å². The van der Waals surface area contributed by atoms with E-state index in [9.17, 15) is 0 Å². The molecule has 1 heterocycles. The zero-order valence-corrected chi connectivity index (χ0v) is 10.00. The van der Waals surface area contributed by atoms with E-state index < -0.39 is 0 Å². The molecule has 1 unspecified atom stereocenters. The molecular weight excluding hydrogens is 256 g/mol. The lowest BCUT2D eigenvalue weighted by atomic mass is 10.1. The highest BCUT2D eigenvalue weighted by Crippen LogP contribution is 2.32. The Kier molecular flexibility index (Phi) is 3.12. The van der Waals surface area contributed by atoms with Crippen molar-refractivity contribution in [2.24, 2.45) is 0 Å². The van der Waals surface area contributed by atoms with Gasteiger partial charge in [0.2, 0.25) is 0 Å². The predicted molar refractivity (Wildman–Crippen MR) is 63.1 cm³/mol. The van der Waals surface area contributed by atoms with Crippen LogP contribution in [0.1, 0.15) is 6.42 Å². The molecule has 0 saturated carbocycles. The maximum Gasteiger partial charge on any atom is 0.129 e. The van der Waals surface area contributed by atoms with Crippen molar-refractivity contribution in [1.29, 1.82) is 0 Å². The minimum absolute atomic E-state index is 0.107. The molecule has 1 fully saturated rings. The Bertz CT molecular complexity index is 358. The summed E-state index contributed by atoms with van der Waals surface area (Å²) >= 11 is 3.40. The number of rotatable bonds is 5. The van der Waals surface area contributed by atoms with Crippen LogP contribution in [-0.2, 0) is 4.74 Å². The molecule has 2 rings (SSSR count). The van der Waals surface area contributed by atoms with Gasteiger partial charge >= 0.3 is 0 Å². The van der Waals surface area contributed by atoms with Crippen LogP contribution in [0.5, 0.6) is 5.75 Å². The van der Waals surface area contributed by atoms with Gasteiger partial charge in [-0.1, -0.05) is 28.1 Å². The van der Waals surface area contributed by atoms with Gasteiger partial charge in [-0.05, 0) is 24.6 Å².